The molecular formula is C18H24N2O3. The molecular weight excluding hydrogens is 292 g/mol. The third-order valence-corrected chi connectivity index (χ3v) is 3.75. The van der Waals surface area contributed by atoms with E-state index < -0.39 is 0 Å². The average Bonchev–Trinajstić information content (AvgIpc) is 2.54. The van der Waals surface area contributed by atoms with Gasteiger partial charge in [-0.15, -0.1) is 0 Å². The first-order chi connectivity index (χ1) is 11.1. The van der Waals surface area contributed by atoms with Crippen LogP contribution in [0.3, 0.4) is 0 Å². The summed E-state index contributed by atoms with van der Waals surface area (Å²) in [6.45, 7) is 7.26. The predicted molar refractivity (Wildman–Crippen MR) is 90.8 cm³/mol. The smallest absolute Gasteiger partial charge is 0.278 e. The van der Waals surface area contributed by atoms with Gasteiger partial charge in [-0.25, -0.2) is 4.68 Å². The zero-order valence-corrected chi connectivity index (χ0v) is 14.0. The van der Waals surface area contributed by atoms with Crippen LogP contribution in [0.1, 0.15) is 31.5 Å². The molecule has 5 heteroatoms. The molecule has 0 amide bonds. The number of rotatable bonds is 7. The Bertz CT molecular complexity index is 723. The highest BCUT2D eigenvalue weighted by Gasteiger charge is 2.19. The Labute approximate surface area is 136 Å². The molecule has 0 aliphatic rings. The van der Waals surface area contributed by atoms with Crippen LogP contribution >= 0.6 is 0 Å². The molecule has 0 aliphatic carbocycles. The molecule has 0 saturated heterocycles. The van der Waals surface area contributed by atoms with Gasteiger partial charge >= 0.3 is 0 Å². The van der Waals surface area contributed by atoms with Crippen molar-refractivity contribution in [1.29, 1.82) is 0 Å². The van der Waals surface area contributed by atoms with Gasteiger partial charge in [-0.3, -0.25) is 4.79 Å². The maximum Gasteiger partial charge on any atom is 0.278 e. The molecule has 0 radical (unpaired) electrons. The summed E-state index contributed by atoms with van der Waals surface area (Å²) in [7, 11) is 0. The minimum atomic E-state index is -0.281. The lowest BCUT2D eigenvalue weighted by atomic mass is 10.00. The van der Waals surface area contributed by atoms with Gasteiger partial charge in [-0.05, 0) is 31.4 Å². The first kappa shape index (κ1) is 17.2. The van der Waals surface area contributed by atoms with Crippen LogP contribution in [-0.2, 0) is 17.7 Å². The van der Waals surface area contributed by atoms with Gasteiger partial charge in [0, 0.05) is 6.61 Å². The predicted octanol–water partition coefficient (Wildman–Crippen LogP) is 2.91. The summed E-state index contributed by atoms with van der Waals surface area (Å²) in [6, 6.07) is 7.57. The van der Waals surface area contributed by atoms with Gasteiger partial charge < -0.3 is 9.84 Å². The Morgan fingerprint density at radius 3 is 2.65 bits per heavy atom. The molecule has 5 nitrogen and oxygen atoms in total. The van der Waals surface area contributed by atoms with Crippen molar-refractivity contribution in [2.45, 2.75) is 40.2 Å². The fraction of sp³-hybridized carbons (Fsp3) is 0.444. The van der Waals surface area contributed by atoms with Crippen LogP contribution < -0.4 is 5.56 Å². The third-order valence-electron chi connectivity index (χ3n) is 3.75. The lowest BCUT2D eigenvalue weighted by Crippen LogP contribution is -2.28. The Morgan fingerprint density at radius 2 is 2.00 bits per heavy atom. The van der Waals surface area contributed by atoms with Crippen molar-refractivity contribution < 1.29 is 9.84 Å². The highest BCUT2D eigenvalue weighted by molar-refractivity contribution is 5.72. The number of aryl methyl sites for hydroxylation is 2. The molecule has 1 aromatic carbocycles. The van der Waals surface area contributed by atoms with Gasteiger partial charge in [-0.2, -0.15) is 5.10 Å². The Balaban J connectivity index is 2.59. The number of aromatic nitrogens is 2. The summed E-state index contributed by atoms with van der Waals surface area (Å²) in [5.41, 5.74) is 2.31. The van der Waals surface area contributed by atoms with E-state index in [1.807, 2.05) is 45.0 Å². The average molecular weight is 316 g/mol. The van der Waals surface area contributed by atoms with Crippen LogP contribution in [0, 0.1) is 6.92 Å². The maximum atomic E-state index is 12.8. The van der Waals surface area contributed by atoms with Gasteiger partial charge in [0.15, 0.2) is 5.75 Å². The summed E-state index contributed by atoms with van der Waals surface area (Å²) in [5, 5.41) is 14.9. The van der Waals surface area contributed by atoms with Crippen molar-refractivity contribution in [3.63, 3.8) is 0 Å². The molecule has 0 saturated carbocycles. The normalized spacial score (nSPS) is 10.9. The molecule has 0 bridgehead atoms. The lowest BCUT2D eigenvalue weighted by Gasteiger charge is -2.14. The van der Waals surface area contributed by atoms with E-state index in [2.05, 4.69) is 5.10 Å². The minimum Gasteiger partial charge on any atom is -0.505 e. The Kier molecular flexibility index (Phi) is 5.93. The molecule has 0 fully saturated rings. The van der Waals surface area contributed by atoms with Crippen LogP contribution in [0.2, 0.25) is 0 Å². The van der Waals surface area contributed by atoms with Crippen molar-refractivity contribution in [3.8, 4) is 16.9 Å². The quantitative estimate of drug-likeness (QED) is 0.798. The molecule has 0 spiro atoms. The summed E-state index contributed by atoms with van der Waals surface area (Å²) in [5.74, 6) is -0.00110. The van der Waals surface area contributed by atoms with Crippen molar-refractivity contribution in [2.75, 3.05) is 13.2 Å². The van der Waals surface area contributed by atoms with Gasteiger partial charge in [0.1, 0.15) is 5.69 Å². The fourth-order valence-corrected chi connectivity index (χ4v) is 2.56. The van der Waals surface area contributed by atoms with E-state index in [9.17, 15) is 9.90 Å². The zero-order valence-electron chi connectivity index (χ0n) is 14.0. The number of hydrogen-bond donors (Lipinski definition) is 1. The second-order valence-electron chi connectivity index (χ2n) is 5.46. The summed E-state index contributed by atoms with van der Waals surface area (Å²) >= 11 is 0. The number of ether oxygens (including phenoxy) is 1. The van der Waals surface area contributed by atoms with Gasteiger partial charge in [-0.1, -0.05) is 37.6 Å². The molecule has 1 aromatic heterocycles. The van der Waals surface area contributed by atoms with Gasteiger partial charge in [0.2, 0.25) is 0 Å². The van der Waals surface area contributed by atoms with E-state index in [0.717, 1.165) is 17.5 Å². The van der Waals surface area contributed by atoms with E-state index >= 15 is 0 Å². The number of nitrogens with zero attached hydrogens (tertiary/aromatic N) is 2. The first-order valence-electron chi connectivity index (χ1n) is 8.06. The molecule has 0 unspecified atom stereocenters. The standard InChI is InChI=1S/C18H24N2O3/c1-4-8-15-17(21)16(14-10-7-6-9-13(14)3)18(22)20(19-15)11-12-23-5-2/h6-7,9-10,21H,4-5,8,11-12H2,1-3H3. The van der Waals surface area contributed by atoms with Crippen LogP contribution in [-0.4, -0.2) is 28.1 Å². The third kappa shape index (κ3) is 3.79. The second-order valence-corrected chi connectivity index (χ2v) is 5.46. The molecule has 124 valence electrons. The first-order valence-corrected chi connectivity index (χ1v) is 8.06. The van der Waals surface area contributed by atoms with E-state index in [4.69, 9.17) is 4.74 Å². The highest BCUT2D eigenvalue weighted by atomic mass is 16.5. The number of hydrogen-bond acceptors (Lipinski definition) is 4. The monoisotopic (exact) mass is 316 g/mol. The largest absolute Gasteiger partial charge is 0.505 e. The van der Waals surface area contributed by atoms with Gasteiger partial charge in [0.05, 0.1) is 18.7 Å². The fourth-order valence-electron chi connectivity index (χ4n) is 2.56. The van der Waals surface area contributed by atoms with Crippen molar-refractivity contribution >= 4 is 0 Å². The van der Waals surface area contributed by atoms with E-state index in [-0.39, 0.29) is 11.3 Å². The van der Waals surface area contributed by atoms with Crippen molar-refractivity contribution in [2.24, 2.45) is 0 Å². The Morgan fingerprint density at radius 1 is 1.26 bits per heavy atom. The molecule has 2 aromatic rings. The SMILES string of the molecule is CCCc1nn(CCOCC)c(=O)c(-c2ccccc2C)c1O. The number of aromatic hydroxyl groups is 1. The topological polar surface area (TPSA) is 64.4 Å². The highest BCUT2D eigenvalue weighted by Crippen LogP contribution is 2.30. The second kappa shape index (κ2) is 7.92. The van der Waals surface area contributed by atoms with E-state index in [0.29, 0.717) is 37.4 Å². The summed E-state index contributed by atoms with van der Waals surface area (Å²) in [4.78, 5) is 12.8. The minimum absolute atomic E-state index is 0.00110. The zero-order chi connectivity index (χ0) is 16.8. The lowest BCUT2D eigenvalue weighted by molar-refractivity contribution is 0.135. The molecule has 0 atom stereocenters. The van der Waals surface area contributed by atoms with Gasteiger partial charge in [0.25, 0.3) is 5.56 Å². The van der Waals surface area contributed by atoms with Crippen LogP contribution in [0.5, 0.6) is 5.75 Å². The Hall–Kier alpha value is -2.14. The molecule has 0 aliphatic heterocycles. The van der Waals surface area contributed by atoms with Crippen molar-refractivity contribution in [3.05, 3.63) is 45.9 Å². The molecule has 23 heavy (non-hydrogen) atoms. The number of benzene rings is 1. The summed E-state index contributed by atoms with van der Waals surface area (Å²) < 4.78 is 6.73. The summed E-state index contributed by atoms with van der Waals surface area (Å²) in [6.07, 6.45) is 1.47. The molecule has 2 rings (SSSR count). The van der Waals surface area contributed by atoms with Crippen molar-refractivity contribution in [1.82, 2.24) is 9.78 Å². The van der Waals surface area contributed by atoms with Crippen LogP contribution in [0.25, 0.3) is 11.1 Å². The maximum absolute atomic E-state index is 12.8. The molecule has 1 heterocycles. The molecule has 1 N–H and O–H groups in total. The van der Waals surface area contributed by atoms with E-state index in [1.165, 1.54) is 4.68 Å². The van der Waals surface area contributed by atoms with E-state index in [1.54, 1.807) is 0 Å². The van der Waals surface area contributed by atoms with Crippen LogP contribution in [0.15, 0.2) is 29.1 Å². The van der Waals surface area contributed by atoms with Crippen LogP contribution in [0.4, 0.5) is 0 Å².